The third-order valence-corrected chi connectivity index (χ3v) is 3.65. The Morgan fingerprint density at radius 2 is 1.89 bits per heavy atom. The Balaban J connectivity index is 1.50. The van der Waals surface area contributed by atoms with Crippen molar-refractivity contribution in [1.29, 1.82) is 0 Å². The highest BCUT2D eigenvalue weighted by Crippen LogP contribution is 2.15. The van der Waals surface area contributed by atoms with Gasteiger partial charge in [0.2, 0.25) is 0 Å². The predicted molar refractivity (Wildman–Crippen MR) is 75.4 cm³/mol. The standard InChI is InChI=1S/C14H20N4/c1-2-4-13(5-3-1)18-10-8-17(9-11-18)12-14-15-6-7-16-14/h1-6,14,16H,7-12H2. The molecular weight excluding hydrogens is 224 g/mol. The quantitative estimate of drug-likeness (QED) is 0.853. The lowest BCUT2D eigenvalue weighted by Gasteiger charge is -2.36. The highest BCUT2D eigenvalue weighted by atomic mass is 15.3. The van der Waals surface area contributed by atoms with Gasteiger partial charge in [0, 0.05) is 51.2 Å². The number of nitrogens with zero attached hydrogens (tertiary/aromatic N) is 3. The van der Waals surface area contributed by atoms with Crippen LogP contribution in [0.3, 0.4) is 0 Å². The molecule has 0 aliphatic carbocycles. The van der Waals surface area contributed by atoms with E-state index in [2.05, 4.69) is 50.4 Å². The summed E-state index contributed by atoms with van der Waals surface area (Å²) < 4.78 is 0. The molecule has 4 nitrogen and oxygen atoms in total. The maximum atomic E-state index is 4.42. The van der Waals surface area contributed by atoms with Crippen LogP contribution in [-0.4, -0.2) is 56.5 Å². The monoisotopic (exact) mass is 244 g/mol. The molecule has 1 aromatic carbocycles. The fraction of sp³-hybridized carbons (Fsp3) is 0.500. The van der Waals surface area contributed by atoms with E-state index in [9.17, 15) is 0 Å². The molecule has 2 heterocycles. The summed E-state index contributed by atoms with van der Waals surface area (Å²) in [6.07, 6.45) is 2.29. The summed E-state index contributed by atoms with van der Waals surface area (Å²) >= 11 is 0. The number of hydrogen-bond acceptors (Lipinski definition) is 4. The van der Waals surface area contributed by atoms with Gasteiger partial charge in [-0.15, -0.1) is 0 Å². The summed E-state index contributed by atoms with van der Waals surface area (Å²) in [5.41, 5.74) is 1.34. The molecule has 0 spiro atoms. The van der Waals surface area contributed by atoms with E-state index in [4.69, 9.17) is 0 Å². The second-order valence-corrected chi connectivity index (χ2v) is 4.88. The van der Waals surface area contributed by atoms with E-state index in [1.54, 1.807) is 0 Å². The minimum atomic E-state index is 0.313. The zero-order chi connectivity index (χ0) is 12.2. The normalized spacial score (nSPS) is 24.7. The third kappa shape index (κ3) is 2.71. The van der Waals surface area contributed by atoms with Crippen LogP contribution in [0, 0.1) is 0 Å². The van der Waals surface area contributed by atoms with E-state index >= 15 is 0 Å². The molecule has 1 saturated heterocycles. The zero-order valence-corrected chi connectivity index (χ0v) is 10.6. The third-order valence-electron chi connectivity index (χ3n) is 3.65. The van der Waals surface area contributed by atoms with Crippen LogP contribution in [-0.2, 0) is 0 Å². The molecule has 0 aromatic heterocycles. The molecule has 1 fully saturated rings. The molecule has 0 amide bonds. The SMILES string of the molecule is C1=NC(CN2CCN(c3ccccc3)CC2)NC1. The first kappa shape index (κ1) is 11.7. The van der Waals surface area contributed by atoms with Gasteiger partial charge in [0.25, 0.3) is 0 Å². The summed E-state index contributed by atoms with van der Waals surface area (Å²) in [7, 11) is 0. The summed E-state index contributed by atoms with van der Waals surface area (Å²) in [5.74, 6) is 0. The number of benzene rings is 1. The number of hydrogen-bond donors (Lipinski definition) is 1. The van der Waals surface area contributed by atoms with Gasteiger partial charge in [0.15, 0.2) is 0 Å². The number of rotatable bonds is 3. The lowest BCUT2D eigenvalue weighted by molar-refractivity contribution is 0.236. The molecule has 0 saturated carbocycles. The Morgan fingerprint density at radius 1 is 1.11 bits per heavy atom. The van der Waals surface area contributed by atoms with Crippen LogP contribution in [0.25, 0.3) is 0 Å². The first-order chi connectivity index (χ1) is 8.92. The predicted octanol–water partition coefficient (Wildman–Crippen LogP) is 0.809. The summed E-state index contributed by atoms with van der Waals surface area (Å²) in [6.45, 7) is 6.44. The molecule has 0 radical (unpaired) electrons. The first-order valence-corrected chi connectivity index (χ1v) is 6.69. The van der Waals surface area contributed by atoms with Crippen molar-refractivity contribution in [3.8, 4) is 0 Å². The highest BCUT2D eigenvalue weighted by Gasteiger charge is 2.20. The molecular formula is C14H20N4. The highest BCUT2D eigenvalue weighted by molar-refractivity contribution is 5.62. The van der Waals surface area contributed by atoms with Crippen LogP contribution < -0.4 is 10.2 Å². The summed E-state index contributed by atoms with van der Waals surface area (Å²) in [6, 6.07) is 10.7. The smallest absolute Gasteiger partial charge is 0.112 e. The molecule has 96 valence electrons. The average molecular weight is 244 g/mol. The molecule has 2 aliphatic heterocycles. The Bertz CT molecular complexity index is 396. The van der Waals surface area contributed by atoms with Crippen LogP contribution in [0.1, 0.15) is 0 Å². The number of anilines is 1. The molecule has 3 rings (SSSR count). The van der Waals surface area contributed by atoms with Crippen molar-refractivity contribution < 1.29 is 0 Å². The number of piperazine rings is 1. The fourth-order valence-corrected chi connectivity index (χ4v) is 2.61. The second-order valence-electron chi connectivity index (χ2n) is 4.88. The molecule has 0 bridgehead atoms. The first-order valence-electron chi connectivity index (χ1n) is 6.69. The molecule has 1 aromatic rings. The average Bonchev–Trinajstić information content (AvgIpc) is 2.94. The van der Waals surface area contributed by atoms with Crippen molar-refractivity contribution in [2.24, 2.45) is 4.99 Å². The molecule has 4 heteroatoms. The largest absolute Gasteiger partial charge is 0.369 e. The van der Waals surface area contributed by atoms with Crippen LogP contribution in [0.2, 0.25) is 0 Å². The minimum absolute atomic E-state index is 0.313. The van der Waals surface area contributed by atoms with Crippen molar-refractivity contribution in [2.75, 3.05) is 44.2 Å². The second kappa shape index (κ2) is 5.50. The molecule has 18 heavy (non-hydrogen) atoms. The molecule has 1 N–H and O–H groups in total. The van der Waals surface area contributed by atoms with Gasteiger partial charge in [-0.2, -0.15) is 0 Å². The van der Waals surface area contributed by atoms with E-state index < -0.39 is 0 Å². The Morgan fingerprint density at radius 3 is 2.56 bits per heavy atom. The molecule has 1 atom stereocenters. The van der Waals surface area contributed by atoms with Crippen molar-refractivity contribution in [3.05, 3.63) is 30.3 Å². The summed E-state index contributed by atoms with van der Waals surface area (Å²) in [4.78, 5) is 9.38. The number of nitrogens with one attached hydrogen (secondary N) is 1. The van der Waals surface area contributed by atoms with E-state index in [0.717, 1.165) is 39.3 Å². The van der Waals surface area contributed by atoms with Crippen LogP contribution in [0.4, 0.5) is 5.69 Å². The maximum Gasteiger partial charge on any atom is 0.112 e. The fourth-order valence-electron chi connectivity index (χ4n) is 2.61. The van der Waals surface area contributed by atoms with Crippen LogP contribution in [0.5, 0.6) is 0 Å². The molecule has 2 aliphatic rings. The van der Waals surface area contributed by atoms with Crippen molar-refractivity contribution >= 4 is 11.9 Å². The number of aliphatic imine (C=N–C) groups is 1. The Labute approximate surface area is 108 Å². The Hall–Kier alpha value is -1.39. The van der Waals surface area contributed by atoms with Gasteiger partial charge in [-0.05, 0) is 12.1 Å². The lowest BCUT2D eigenvalue weighted by Crippen LogP contribution is -2.49. The maximum absolute atomic E-state index is 4.42. The van der Waals surface area contributed by atoms with Gasteiger partial charge in [0.05, 0.1) is 0 Å². The van der Waals surface area contributed by atoms with E-state index in [1.165, 1.54) is 5.69 Å². The van der Waals surface area contributed by atoms with Crippen molar-refractivity contribution in [1.82, 2.24) is 10.2 Å². The van der Waals surface area contributed by atoms with Crippen LogP contribution >= 0.6 is 0 Å². The van der Waals surface area contributed by atoms with Gasteiger partial charge in [0.1, 0.15) is 6.17 Å². The van der Waals surface area contributed by atoms with Crippen LogP contribution in [0.15, 0.2) is 35.3 Å². The van der Waals surface area contributed by atoms with Gasteiger partial charge in [-0.3, -0.25) is 15.2 Å². The zero-order valence-electron chi connectivity index (χ0n) is 10.6. The number of para-hydroxylation sites is 1. The van der Waals surface area contributed by atoms with Crippen molar-refractivity contribution in [2.45, 2.75) is 6.17 Å². The van der Waals surface area contributed by atoms with Gasteiger partial charge < -0.3 is 4.90 Å². The van der Waals surface area contributed by atoms with Gasteiger partial charge >= 0.3 is 0 Å². The Kier molecular flexibility index (Phi) is 3.57. The van der Waals surface area contributed by atoms with Gasteiger partial charge in [-0.25, -0.2) is 0 Å². The van der Waals surface area contributed by atoms with E-state index in [1.807, 2.05) is 6.21 Å². The topological polar surface area (TPSA) is 30.9 Å². The van der Waals surface area contributed by atoms with Crippen molar-refractivity contribution in [3.63, 3.8) is 0 Å². The molecule has 1 unspecified atom stereocenters. The lowest BCUT2D eigenvalue weighted by atomic mass is 10.2. The minimum Gasteiger partial charge on any atom is -0.369 e. The van der Waals surface area contributed by atoms with E-state index in [0.29, 0.717) is 6.17 Å². The van der Waals surface area contributed by atoms with Gasteiger partial charge in [-0.1, -0.05) is 18.2 Å². The summed E-state index contributed by atoms with van der Waals surface area (Å²) in [5, 5.41) is 3.37. The van der Waals surface area contributed by atoms with E-state index in [-0.39, 0.29) is 0 Å².